The van der Waals surface area contributed by atoms with Gasteiger partial charge >= 0.3 is 0 Å². The van der Waals surface area contributed by atoms with Crippen LogP contribution in [0.4, 0.5) is 0 Å². The van der Waals surface area contributed by atoms with Crippen molar-refractivity contribution in [2.75, 3.05) is 6.61 Å². The summed E-state index contributed by atoms with van der Waals surface area (Å²) in [5, 5.41) is 0.0920. The molecule has 4 unspecified atom stereocenters. The van der Waals surface area contributed by atoms with Gasteiger partial charge in [0.2, 0.25) is 0 Å². The first-order valence-electron chi connectivity index (χ1n) is 7.25. The van der Waals surface area contributed by atoms with Crippen molar-refractivity contribution in [2.45, 2.75) is 38.0 Å². The summed E-state index contributed by atoms with van der Waals surface area (Å²) in [5.41, 5.74) is 1.16. The Morgan fingerprint density at radius 1 is 1.37 bits per heavy atom. The molecule has 0 heterocycles. The fourth-order valence-electron chi connectivity index (χ4n) is 3.90. The second-order valence-corrected chi connectivity index (χ2v) is 7.24. The van der Waals surface area contributed by atoms with Crippen molar-refractivity contribution in [3.05, 3.63) is 28.2 Å². The molecule has 0 aromatic heterocycles. The van der Waals surface area contributed by atoms with Crippen LogP contribution < -0.4 is 4.74 Å². The molecule has 3 heteroatoms. The Balaban J connectivity index is 1.86. The minimum Gasteiger partial charge on any atom is -0.494 e. The SMILES string of the molecule is CCOc1ccc(Br)cc1C(Cl)C1CC2CCC1C2. The molecular formula is C16H20BrClO. The number of hydrogen-bond donors (Lipinski definition) is 0. The zero-order valence-corrected chi connectivity index (χ0v) is 13.6. The summed E-state index contributed by atoms with van der Waals surface area (Å²) in [6.45, 7) is 2.71. The number of rotatable bonds is 4. The Hall–Kier alpha value is -0.210. The van der Waals surface area contributed by atoms with Gasteiger partial charge in [-0.25, -0.2) is 0 Å². The predicted molar refractivity (Wildman–Crippen MR) is 82.8 cm³/mol. The smallest absolute Gasteiger partial charge is 0.124 e. The average Bonchev–Trinajstić information content (AvgIpc) is 3.02. The maximum Gasteiger partial charge on any atom is 0.124 e. The van der Waals surface area contributed by atoms with E-state index in [0.29, 0.717) is 12.5 Å². The van der Waals surface area contributed by atoms with Crippen molar-refractivity contribution in [3.63, 3.8) is 0 Å². The Labute approximate surface area is 128 Å². The molecule has 0 amide bonds. The van der Waals surface area contributed by atoms with E-state index >= 15 is 0 Å². The third-order valence-electron chi connectivity index (χ3n) is 4.74. The number of alkyl halides is 1. The summed E-state index contributed by atoms with van der Waals surface area (Å²) < 4.78 is 6.83. The highest BCUT2D eigenvalue weighted by atomic mass is 79.9. The maximum absolute atomic E-state index is 6.82. The van der Waals surface area contributed by atoms with Crippen LogP contribution in [0.15, 0.2) is 22.7 Å². The van der Waals surface area contributed by atoms with Gasteiger partial charge in [-0.3, -0.25) is 0 Å². The average molecular weight is 344 g/mol. The fourth-order valence-corrected chi connectivity index (χ4v) is 4.76. The molecule has 2 fully saturated rings. The third-order valence-corrected chi connectivity index (χ3v) is 5.79. The molecule has 2 bridgehead atoms. The second kappa shape index (κ2) is 5.65. The minimum atomic E-state index is 0.0920. The maximum atomic E-state index is 6.82. The van der Waals surface area contributed by atoms with E-state index in [1.165, 1.54) is 25.7 Å². The van der Waals surface area contributed by atoms with Gasteiger partial charge in [-0.1, -0.05) is 22.4 Å². The molecule has 4 atom stereocenters. The van der Waals surface area contributed by atoms with Gasteiger partial charge in [0.15, 0.2) is 0 Å². The van der Waals surface area contributed by atoms with Crippen molar-refractivity contribution in [3.8, 4) is 5.75 Å². The van der Waals surface area contributed by atoms with E-state index in [-0.39, 0.29) is 5.38 Å². The summed E-state index contributed by atoms with van der Waals surface area (Å²) in [7, 11) is 0. The van der Waals surface area contributed by atoms with Crippen molar-refractivity contribution >= 4 is 27.5 Å². The first-order valence-corrected chi connectivity index (χ1v) is 8.48. The van der Waals surface area contributed by atoms with Gasteiger partial charge in [0.05, 0.1) is 12.0 Å². The molecular weight excluding hydrogens is 324 g/mol. The van der Waals surface area contributed by atoms with E-state index in [2.05, 4.69) is 22.0 Å². The number of ether oxygens (including phenoxy) is 1. The number of hydrogen-bond acceptors (Lipinski definition) is 1. The lowest BCUT2D eigenvalue weighted by atomic mass is 9.83. The van der Waals surface area contributed by atoms with E-state index in [0.717, 1.165) is 27.6 Å². The Kier molecular flexibility index (Phi) is 4.09. The summed E-state index contributed by atoms with van der Waals surface area (Å²) in [6.07, 6.45) is 5.49. The predicted octanol–water partition coefficient (Wildman–Crippen LogP) is 5.56. The van der Waals surface area contributed by atoms with E-state index < -0.39 is 0 Å². The highest BCUT2D eigenvalue weighted by Gasteiger charge is 2.43. The molecule has 19 heavy (non-hydrogen) atoms. The Bertz CT molecular complexity index is 462. The van der Waals surface area contributed by atoms with Crippen LogP contribution in [0.25, 0.3) is 0 Å². The standard InChI is InChI=1S/C16H20BrClO/c1-2-19-15-6-5-12(17)9-14(15)16(18)13-8-10-3-4-11(13)7-10/h5-6,9-11,13,16H,2-4,7-8H2,1H3. The molecule has 0 N–H and O–H groups in total. The minimum absolute atomic E-state index is 0.0920. The molecule has 2 saturated carbocycles. The van der Waals surface area contributed by atoms with E-state index in [4.69, 9.17) is 16.3 Å². The lowest BCUT2D eigenvalue weighted by Crippen LogP contribution is -2.16. The van der Waals surface area contributed by atoms with Crippen LogP contribution in [-0.4, -0.2) is 6.61 Å². The molecule has 2 aliphatic rings. The lowest BCUT2D eigenvalue weighted by molar-refractivity contribution is 0.306. The van der Waals surface area contributed by atoms with Crippen LogP contribution in [0.1, 0.15) is 43.5 Å². The third kappa shape index (κ3) is 2.67. The zero-order valence-electron chi connectivity index (χ0n) is 11.2. The summed E-state index contributed by atoms with van der Waals surface area (Å²) in [4.78, 5) is 0. The Morgan fingerprint density at radius 2 is 2.21 bits per heavy atom. The van der Waals surface area contributed by atoms with Gasteiger partial charge in [-0.05, 0) is 62.1 Å². The van der Waals surface area contributed by atoms with Crippen molar-refractivity contribution in [1.82, 2.24) is 0 Å². The molecule has 0 radical (unpaired) electrons. The van der Waals surface area contributed by atoms with Crippen molar-refractivity contribution < 1.29 is 4.74 Å². The van der Waals surface area contributed by atoms with Crippen LogP contribution in [0.3, 0.4) is 0 Å². The highest BCUT2D eigenvalue weighted by Crippen LogP contribution is 2.55. The molecule has 1 aromatic carbocycles. The number of benzene rings is 1. The van der Waals surface area contributed by atoms with Crippen LogP contribution in [0, 0.1) is 17.8 Å². The normalized spacial score (nSPS) is 30.6. The topological polar surface area (TPSA) is 9.23 Å². The molecule has 3 rings (SSSR count). The van der Waals surface area contributed by atoms with Gasteiger partial charge < -0.3 is 4.74 Å². The largest absolute Gasteiger partial charge is 0.494 e. The zero-order chi connectivity index (χ0) is 13.4. The summed E-state index contributed by atoms with van der Waals surface area (Å²) in [6, 6.07) is 6.19. The van der Waals surface area contributed by atoms with Crippen LogP contribution in [0.5, 0.6) is 5.75 Å². The van der Waals surface area contributed by atoms with E-state index in [1.807, 2.05) is 19.1 Å². The van der Waals surface area contributed by atoms with Gasteiger partial charge in [-0.15, -0.1) is 11.6 Å². The fraction of sp³-hybridized carbons (Fsp3) is 0.625. The highest BCUT2D eigenvalue weighted by molar-refractivity contribution is 9.10. The van der Waals surface area contributed by atoms with Gasteiger partial charge in [0.25, 0.3) is 0 Å². The van der Waals surface area contributed by atoms with Crippen LogP contribution in [-0.2, 0) is 0 Å². The summed E-state index contributed by atoms with van der Waals surface area (Å²) in [5.74, 6) is 3.35. The first kappa shape index (κ1) is 13.8. The van der Waals surface area contributed by atoms with Crippen LogP contribution in [0.2, 0.25) is 0 Å². The quantitative estimate of drug-likeness (QED) is 0.650. The molecule has 0 saturated heterocycles. The van der Waals surface area contributed by atoms with Crippen molar-refractivity contribution in [2.24, 2.45) is 17.8 Å². The molecule has 0 spiro atoms. The summed E-state index contributed by atoms with van der Waals surface area (Å²) >= 11 is 10.4. The Morgan fingerprint density at radius 3 is 2.84 bits per heavy atom. The lowest BCUT2D eigenvalue weighted by Gasteiger charge is -2.27. The molecule has 1 aromatic rings. The molecule has 2 aliphatic carbocycles. The first-order chi connectivity index (χ1) is 9.19. The molecule has 0 aliphatic heterocycles. The molecule has 104 valence electrons. The van der Waals surface area contributed by atoms with Gasteiger partial charge in [-0.2, -0.15) is 0 Å². The number of fused-ring (bicyclic) bond motifs is 2. The monoisotopic (exact) mass is 342 g/mol. The van der Waals surface area contributed by atoms with E-state index in [1.54, 1.807) is 0 Å². The van der Waals surface area contributed by atoms with E-state index in [9.17, 15) is 0 Å². The molecule has 1 nitrogen and oxygen atoms in total. The van der Waals surface area contributed by atoms with Crippen LogP contribution >= 0.6 is 27.5 Å². The van der Waals surface area contributed by atoms with Crippen molar-refractivity contribution in [1.29, 1.82) is 0 Å². The van der Waals surface area contributed by atoms with Gasteiger partial charge in [0.1, 0.15) is 5.75 Å². The number of halogens is 2. The second-order valence-electron chi connectivity index (χ2n) is 5.86. The van der Waals surface area contributed by atoms with Gasteiger partial charge in [0, 0.05) is 10.0 Å².